The van der Waals surface area contributed by atoms with Crippen LogP contribution in [0.4, 0.5) is 0 Å². The summed E-state index contributed by atoms with van der Waals surface area (Å²) >= 11 is -5.73. The molecule has 0 aromatic rings. The van der Waals surface area contributed by atoms with Gasteiger partial charge in [0.15, 0.2) is 26.7 Å². The average molecular weight is 278 g/mol. The van der Waals surface area contributed by atoms with Gasteiger partial charge in [0, 0.05) is 0 Å². The quantitative estimate of drug-likeness (QED) is 0.285. The van der Waals surface area contributed by atoms with Gasteiger partial charge in [0.05, 0.1) is 6.10 Å². The lowest BCUT2D eigenvalue weighted by atomic mass is 10.1. The van der Waals surface area contributed by atoms with Crippen molar-refractivity contribution in [1.82, 2.24) is 0 Å². The Morgan fingerprint density at radius 2 is 1.19 bits per heavy atom. The van der Waals surface area contributed by atoms with Crippen molar-refractivity contribution < 1.29 is 37.9 Å². The highest BCUT2D eigenvalue weighted by Crippen LogP contribution is 2.13. The van der Waals surface area contributed by atoms with Gasteiger partial charge in [-0.1, -0.05) is 0 Å². The second kappa shape index (κ2) is 6.71. The normalized spacial score (nSPS) is 25.2. The van der Waals surface area contributed by atoms with Crippen LogP contribution in [0.1, 0.15) is 6.92 Å². The fraction of sp³-hybridized carbons (Fsp3) is 1.00. The van der Waals surface area contributed by atoms with Crippen LogP contribution in [0.2, 0.25) is 0 Å². The smallest absolute Gasteiger partial charge is 0.189 e. The molecule has 8 nitrogen and oxygen atoms in total. The van der Waals surface area contributed by atoms with E-state index in [4.69, 9.17) is 19.3 Å². The Labute approximate surface area is 96.5 Å². The molecular formula is C6H14O8S2. The molecule has 0 aliphatic heterocycles. The van der Waals surface area contributed by atoms with Crippen LogP contribution in [-0.4, -0.2) is 66.9 Å². The van der Waals surface area contributed by atoms with Crippen molar-refractivity contribution in [3.8, 4) is 0 Å². The number of hydrogen-bond donors (Lipinski definition) is 6. The van der Waals surface area contributed by atoms with E-state index in [1.165, 1.54) is 0 Å². The van der Waals surface area contributed by atoms with Crippen LogP contribution in [0.3, 0.4) is 0 Å². The summed E-state index contributed by atoms with van der Waals surface area (Å²) in [5.41, 5.74) is 0. The first-order chi connectivity index (χ1) is 7.20. The lowest BCUT2D eigenvalue weighted by Crippen LogP contribution is -2.50. The predicted octanol–water partition coefficient (Wildman–Crippen LogP) is -2.78. The summed E-state index contributed by atoms with van der Waals surface area (Å²) in [6, 6.07) is 0. The molecule has 6 N–H and O–H groups in total. The molecule has 0 spiro atoms. The third-order valence-electron chi connectivity index (χ3n) is 1.87. The predicted molar refractivity (Wildman–Crippen MR) is 55.0 cm³/mol. The van der Waals surface area contributed by atoms with Gasteiger partial charge in [0.2, 0.25) is 0 Å². The van der Waals surface area contributed by atoms with E-state index >= 15 is 0 Å². The number of rotatable bonds is 6. The van der Waals surface area contributed by atoms with Gasteiger partial charge in [0.25, 0.3) is 0 Å². The van der Waals surface area contributed by atoms with E-state index in [1.54, 1.807) is 0 Å². The van der Waals surface area contributed by atoms with Crippen LogP contribution in [0.15, 0.2) is 0 Å². The summed E-state index contributed by atoms with van der Waals surface area (Å²) in [4.78, 5) is 0. The maximum Gasteiger partial charge on any atom is 0.189 e. The fourth-order valence-corrected chi connectivity index (χ4v) is 2.32. The van der Waals surface area contributed by atoms with Gasteiger partial charge in [-0.3, -0.25) is 0 Å². The number of hydrogen-bond acceptors (Lipinski definition) is 6. The molecule has 0 radical (unpaired) electrons. The Kier molecular flexibility index (Phi) is 6.74. The van der Waals surface area contributed by atoms with Crippen molar-refractivity contribution in [1.29, 1.82) is 0 Å². The Hall–Kier alpha value is 0.0600. The van der Waals surface area contributed by atoms with Crippen LogP contribution < -0.4 is 0 Å². The maximum atomic E-state index is 10.6. The summed E-state index contributed by atoms with van der Waals surface area (Å²) in [6.45, 7) is 1.11. The van der Waals surface area contributed by atoms with Gasteiger partial charge in [-0.25, -0.2) is 8.42 Å². The summed E-state index contributed by atoms with van der Waals surface area (Å²) in [5.74, 6) is 0. The van der Waals surface area contributed by atoms with Crippen molar-refractivity contribution >= 4 is 22.2 Å². The van der Waals surface area contributed by atoms with Crippen molar-refractivity contribution in [3.63, 3.8) is 0 Å². The molecule has 0 bridgehead atoms. The molecule has 0 saturated carbocycles. The minimum atomic E-state index is -2.87. The Balaban J connectivity index is 4.80. The maximum absolute atomic E-state index is 10.6. The van der Waals surface area contributed by atoms with Crippen molar-refractivity contribution in [2.45, 2.75) is 35.9 Å². The Morgan fingerprint density at radius 1 is 0.812 bits per heavy atom. The molecule has 0 aromatic carbocycles. The first-order valence-electron chi connectivity index (χ1n) is 4.11. The van der Waals surface area contributed by atoms with Gasteiger partial charge in [0.1, 0.15) is 18.3 Å². The molecule has 0 fully saturated rings. The standard InChI is InChI=1S/C6H14O8S2/c1-2(7)3(8)4(9)5(10)6(15(11)12)16(13)14/h2-10H,1H3,(H,11,12)(H,13,14)/t2-,3-,4+,5+/m0/s1. The number of aliphatic hydroxyl groups excluding tert-OH is 4. The zero-order valence-corrected chi connectivity index (χ0v) is 9.84. The Morgan fingerprint density at radius 3 is 1.44 bits per heavy atom. The van der Waals surface area contributed by atoms with Gasteiger partial charge in [-0.05, 0) is 6.92 Å². The third-order valence-corrected chi connectivity index (χ3v) is 4.21. The summed E-state index contributed by atoms with van der Waals surface area (Å²) in [6.07, 6.45) is -7.35. The van der Waals surface area contributed by atoms with Crippen LogP contribution in [0.25, 0.3) is 0 Å². The van der Waals surface area contributed by atoms with Crippen molar-refractivity contribution in [2.75, 3.05) is 0 Å². The van der Waals surface area contributed by atoms with E-state index in [0.717, 1.165) is 6.92 Å². The molecule has 0 heterocycles. The zero-order chi connectivity index (χ0) is 13.0. The van der Waals surface area contributed by atoms with E-state index in [2.05, 4.69) is 0 Å². The van der Waals surface area contributed by atoms with Gasteiger partial charge >= 0.3 is 0 Å². The molecule has 16 heavy (non-hydrogen) atoms. The minimum Gasteiger partial charge on any atom is -0.391 e. The van der Waals surface area contributed by atoms with Crippen LogP contribution >= 0.6 is 0 Å². The second-order valence-corrected chi connectivity index (χ2v) is 5.55. The molecule has 6 atom stereocenters. The third kappa shape index (κ3) is 4.14. The van der Waals surface area contributed by atoms with Crippen LogP contribution in [-0.2, 0) is 22.2 Å². The van der Waals surface area contributed by atoms with E-state index in [0.29, 0.717) is 0 Å². The van der Waals surface area contributed by atoms with Crippen LogP contribution in [0.5, 0.6) is 0 Å². The molecule has 0 saturated heterocycles. The average Bonchev–Trinajstić information content (AvgIpc) is 2.13. The SMILES string of the molecule is C[C@H](O)[C@H](O)[C@@H](O)[C@@H](O)C(S(=O)O)S(=O)O. The molecule has 2 unspecified atom stereocenters. The van der Waals surface area contributed by atoms with E-state index < -0.39 is 51.2 Å². The van der Waals surface area contributed by atoms with Gasteiger partial charge < -0.3 is 29.5 Å². The molecule has 0 amide bonds. The largest absolute Gasteiger partial charge is 0.391 e. The molecule has 0 aliphatic rings. The van der Waals surface area contributed by atoms with Crippen LogP contribution in [0, 0.1) is 0 Å². The summed E-state index contributed by atoms with van der Waals surface area (Å²) < 4.78 is 36.4. The molecule has 10 heteroatoms. The second-order valence-electron chi connectivity index (χ2n) is 3.13. The van der Waals surface area contributed by atoms with Gasteiger partial charge in [-0.15, -0.1) is 0 Å². The highest BCUT2D eigenvalue weighted by Gasteiger charge is 2.39. The summed E-state index contributed by atoms with van der Waals surface area (Å²) in [5, 5.41) is 36.6. The first-order valence-corrected chi connectivity index (χ1v) is 6.45. The fourth-order valence-electron chi connectivity index (χ4n) is 0.957. The lowest BCUT2D eigenvalue weighted by Gasteiger charge is -2.27. The molecular weight excluding hydrogens is 264 g/mol. The highest BCUT2D eigenvalue weighted by atomic mass is 32.3. The van der Waals surface area contributed by atoms with E-state index in [-0.39, 0.29) is 0 Å². The van der Waals surface area contributed by atoms with E-state index in [1.807, 2.05) is 0 Å². The highest BCUT2D eigenvalue weighted by molar-refractivity contribution is 7.97. The number of aliphatic hydroxyl groups is 4. The van der Waals surface area contributed by atoms with Crippen molar-refractivity contribution in [2.24, 2.45) is 0 Å². The van der Waals surface area contributed by atoms with Gasteiger partial charge in [-0.2, -0.15) is 0 Å². The van der Waals surface area contributed by atoms with Crippen molar-refractivity contribution in [3.05, 3.63) is 0 Å². The minimum absolute atomic E-state index is 1.11. The van der Waals surface area contributed by atoms with E-state index in [9.17, 15) is 18.6 Å². The lowest BCUT2D eigenvalue weighted by molar-refractivity contribution is -0.0961. The first kappa shape index (κ1) is 16.1. The molecule has 98 valence electrons. The molecule has 0 rings (SSSR count). The monoisotopic (exact) mass is 278 g/mol. The zero-order valence-electron chi connectivity index (χ0n) is 8.20. The molecule has 0 aromatic heterocycles. The Bertz CT molecular complexity index is 255. The topological polar surface area (TPSA) is 156 Å². The molecule has 0 aliphatic carbocycles. The summed E-state index contributed by atoms with van der Waals surface area (Å²) in [7, 11) is 0.